The molecule has 1 aromatic heterocycles. The Morgan fingerprint density at radius 3 is 2.09 bits per heavy atom. The minimum absolute atomic E-state index is 0. The fourth-order valence-electron chi connectivity index (χ4n) is 0.931. The van der Waals surface area contributed by atoms with E-state index in [9.17, 15) is 0 Å². The van der Waals surface area contributed by atoms with Crippen molar-refractivity contribution >= 4 is 36.8 Å². The Morgan fingerprint density at radius 2 is 1.78 bits per heavy atom. The number of nitrogens with one attached hydrogen (secondary N) is 2. The van der Waals surface area contributed by atoms with Gasteiger partial charge in [0.15, 0.2) is 0 Å². The molecule has 0 spiro atoms. The van der Waals surface area contributed by atoms with Crippen molar-refractivity contribution in [1.29, 1.82) is 5.41 Å². The van der Waals surface area contributed by atoms with Crippen LogP contribution in [-0.2, 0) is 0 Å². The van der Waals surface area contributed by atoms with Crippen molar-refractivity contribution < 1.29 is 0 Å². The van der Waals surface area contributed by atoms with Crippen LogP contribution in [0.4, 0.5) is 0 Å². The average Bonchev–Trinajstić information content (AvgIpc) is 3.03. The molecule has 0 aromatic carbocycles. The zero-order valence-electron chi connectivity index (χ0n) is 14.3. The summed E-state index contributed by atoms with van der Waals surface area (Å²) in [5.74, 6) is 0. The zero-order valence-corrected chi connectivity index (χ0v) is 16.0. The van der Waals surface area contributed by atoms with Gasteiger partial charge in [-0.2, -0.15) is 0 Å². The molecule has 7 nitrogen and oxygen atoms in total. The molecule has 134 valence electrons. The highest BCUT2D eigenvalue weighted by Crippen LogP contribution is 1.82. The maximum Gasteiger partial charge on any atom is 0.0919 e. The number of hydrogen-bond donors (Lipinski definition) is 2. The SMILES string of the molecule is CCN=C=N.CCN=C=NCCCN(C)C.Cl.Cl.c1c[nH]cn1. The van der Waals surface area contributed by atoms with E-state index in [2.05, 4.69) is 49.9 Å². The molecule has 0 saturated heterocycles. The normalized spacial score (nSPS) is 7.52. The second kappa shape index (κ2) is 28.6. The van der Waals surface area contributed by atoms with Crippen molar-refractivity contribution in [1.82, 2.24) is 14.9 Å². The summed E-state index contributed by atoms with van der Waals surface area (Å²) in [5.41, 5.74) is 0. The topological polar surface area (TPSA) is 92.9 Å². The summed E-state index contributed by atoms with van der Waals surface area (Å²) in [5, 5.41) is 6.19. The Kier molecular flexibility index (Phi) is 36.8. The summed E-state index contributed by atoms with van der Waals surface area (Å²) in [7, 11) is 4.12. The van der Waals surface area contributed by atoms with E-state index in [1.54, 1.807) is 18.7 Å². The van der Waals surface area contributed by atoms with Crippen molar-refractivity contribution in [3.63, 3.8) is 0 Å². The van der Waals surface area contributed by atoms with Gasteiger partial charge >= 0.3 is 0 Å². The van der Waals surface area contributed by atoms with Crippen LogP contribution in [0.25, 0.3) is 0 Å². The number of rotatable bonds is 6. The van der Waals surface area contributed by atoms with Gasteiger partial charge in [-0.1, -0.05) is 0 Å². The van der Waals surface area contributed by atoms with Crippen molar-refractivity contribution in [2.24, 2.45) is 15.0 Å². The van der Waals surface area contributed by atoms with Crippen LogP contribution in [-0.4, -0.2) is 67.2 Å². The molecule has 0 aliphatic rings. The first-order chi connectivity index (χ1) is 10.2. The first-order valence-electron chi connectivity index (χ1n) is 6.92. The molecule has 1 rings (SSSR count). The summed E-state index contributed by atoms with van der Waals surface area (Å²) >= 11 is 0. The van der Waals surface area contributed by atoms with E-state index < -0.39 is 0 Å². The van der Waals surface area contributed by atoms with Crippen molar-refractivity contribution in [2.45, 2.75) is 20.3 Å². The standard InChI is InChI=1S/C8H17N3.C3H4N2.C3H6N2.2ClH/c1-4-9-8-10-6-5-7-11(2)3;1-2-5-3-4-1;1-2-5-3-4;;/h4-7H2,1-3H3;1-3H,(H,4,5);4H,2H2,1H3;2*1H. The van der Waals surface area contributed by atoms with Gasteiger partial charge in [-0.25, -0.2) is 25.4 Å². The van der Waals surface area contributed by atoms with Crippen LogP contribution in [0.1, 0.15) is 20.3 Å². The van der Waals surface area contributed by atoms with E-state index in [0.29, 0.717) is 6.54 Å². The van der Waals surface area contributed by atoms with Crippen molar-refractivity contribution in [3.05, 3.63) is 18.7 Å². The van der Waals surface area contributed by atoms with E-state index in [1.165, 1.54) is 0 Å². The van der Waals surface area contributed by atoms with Gasteiger partial charge < -0.3 is 9.88 Å². The lowest BCUT2D eigenvalue weighted by Crippen LogP contribution is -2.13. The summed E-state index contributed by atoms with van der Waals surface area (Å²) in [4.78, 5) is 19.8. The van der Waals surface area contributed by atoms with Crippen molar-refractivity contribution in [3.8, 4) is 0 Å². The molecule has 0 bridgehead atoms. The van der Waals surface area contributed by atoms with Crippen LogP contribution in [0.5, 0.6) is 0 Å². The molecule has 0 unspecified atom stereocenters. The number of H-pyrrole nitrogens is 1. The van der Waals surface area contributed by atoms with Crippen LogP contribution in [0.3, 0.4) is 0 Å². The van der Waals surface area contributed by atoms with E-state index >= 15 is 0 Å². The Hall–Kier alpha value is -1.49. The minimum atomic E-state index is 0. The lowest BCUT2D eigenvalue weighted by molar-refractivity contribution is 0.403. The summed E-state index contributed by atoms with van der Waals surface area (Å²) < 4.78 is 0. The number of hydrogen-bond acceptors (Lipinski definition) is 6. The average molecular weight is 366 g/mol. The van der Waals surface area contributed by atoms with Gasteiger partial charge in [-0.3, -0.25) is 0 Å². The number of aliphatic imine (C=N–C) groups is 3. The highest BCUT2D eigenvalue weighted by molar-refractivity contribution is 5.85. The largest absolute Gasteiger partial charge is 0.351 e. The van der Waals surface area contributed by atoms with Crippen LogP contribution >= 0.6 is 24.8 Å². The van der Waals surface area contributed by atoms with E-state index in [0.717, 1.165) is 26.1 Å². The molecular weight excluding hydrogens is 337 g/mol. The Labute approximate surface area is 151 Å². The highest BCUT2D eigenvalue weighted by atomic mass is 35.5. The zero-order chi connectivity index (χ0) is 16.2. The number of aromatic amines is 1. The van der Waals surface area contributed by atoms with E-state index in [1.807, 2.05) is 19.9 Å². The molecule has 9 heteroatoms. The molecule has 0 radical (unpaired) electrons. The third kappa shape index (κ3) is 38.5. The predicted molar refractivity (Wildman–Crippen MR) is 102 cm³/mol. The molecule has 0 amide bonds. The molecule has 0 atom stereocenters. The fraction of sp³-hybridized carbons (Fsp3) is 0.643. The lowest BCUT2D eigenvalue weighted by Gasteiger charge is -2.05. The second-order valence-electron chi connectivity index (χ2n) is 3.96. The molecule has 2 N–H and O–H groups in total. The van der Waals surface area contributed by atoms with Gasteiger partial charge in [-0.05, 0) is 40.9 Å². The molecule has 0 saturated carbocycles. The third-order valence-corrected chi connectivity index (χ3v) is 1.82. The first kappa shape index (κ1) is 29.5. The molecule has 23 heavy (non-hydrogen) atoms. The maximum absolute atomic E-state index is 6.19. The summed E-state index contributed by atoms with van der Waals surface area (Å²) in [6.45, 7) is 7.20. The van der Waals surface area contributed by atoms with Crippen LogP contribution in [0.15, 0.2) is 33.7 Å². The molecule has 0 aliphatic heterocycles. The highest BCUT2D eigenvalue weighted by Gasteiger charge is 1.86. The lowest BCUT2D eigenvalue weighted by atomic mass is 10.4. The van der Waals surface area contributed by atoms with E-state index in [-0.39, 0.29) is 24.8 Å². The van der Waals surface area contributed by atoms with E-state index in [4.69, 9.17) is 5.41 Å². The van der Waals surface area contributed by atoms with Gasteiger partial charge in [0.25, 0.3) is 0 Å². The third-order valence-electron chi connectivity index (χ3n) is 1.82. The Bertz CT molecular complexity index is 378. The number of halogens is 2. The maximum atomic E-state index is 6.19. The first-order valence-corrected chi connectivity index (χ1v) is 6.92. The Morgan fingerprint density at radius 1 is 1.13 bits per heavy atom. The van der Waals surface area contributed by atoms with Gasteiger partial charge in [0.2, 0.25) is 0 Å². The molecule has 1 aromatic rings. The Balaban J connectivity index is -0.000000127. The van der Waals surface area contributed by atoms with Crippen LogP contribution in [0.2, 0.25) is 0 Å². The molecule has 0 aliphatic carbocycles. The monoisotopic (exact) mass is 365 g/mol. The quantitative estimate of drug-likeness (QED) is 0.598. The van der Waals surface area contributed by atoms with Crippen LogP contribution < -0.4 is 0 Å². The molecular formula is C14H29Cl2N7. The second-order valence-corrected chi connectivity index (χ2v) is 3.96. The number of imidazole rings is 1. The summed E-state index contributed by atoms with van der Waals surface area (Å²) in [6.07, 6.45) is 6.17. The summed E-state index contributed by atoms with van der Waals surface area (Å²) in [6, 6.07) is 4.53. The number of aromatic nitrogens is 2. The predicted octanol–water partition coefficient (Wildman–Crippen LogP) is 3.14. The van der Waals surface area contributed by atoms with Gasteiger partial charge in [0.1, 0.15) is 0 Å². The fourth-order valence-corrected chi connectivity index (χ4v) is 0.931. The molecule has 0 fully saturated rings. The van der Waals surface area contributed by atoms with Gasteiger partial charge in [0.05, 0.1) is 24.9 Å². The van der Waals surface area contributed by atoms with Gasteiger partial charge in [0, 0.05) is 25.5 Å². The molecule has 1 heterocycles. The minimum Gasteiger partial charge on any atom is -0.351 e. The smallest absolute Gasteiger partial charge is 0.0919 e. The van der Waals surface area contributed by atoms with Gasteiger partial charge in [-0.15, -0.1) is 24.8 Å². The van der Waals surface area contributed by atoms with Crippen LogP contribution in [0, 0.1) is 5.41 Å². The van der Waals surface area contributed by atoms with Crippen molar-refractivity contribution in [2.75, 3.05) is 40.3 Å². The number of nitrogens with zero attached hydrogens (tertiary/aromatic N) is 5.